The summed E-state index contributed by atoms with van der Waals surface area (Å²) in [5.74, 6) is -1.41. The van der Waals surface area contributed by atoms with E-state index in [4.69, 9.17) is 0 Å². The van der Waals surface area contributed by atoms with Crippen LogP contribution in [-0.4, -0.2) is 6.36 Å². The van der Waals surface area contributed by atoms with Crippen molar-refractivity contribution < 1.29 is 26.7 Å². The number of halogens is 5. The number of alkyl halides is 3. The van der Waals surface area contributed by atoms with Crippen LogP contribution in [0, 0.1) is 29.4 Å². The van der Waals surface area contributed by atoms with Gasteiger partial charge in [-0.2, -0.15) is 0 Å². The molecule has 0 bridgehead atoms. The molecule has 0 amide bonds. The van der Waals surface area contributed by atoms with E-state index < -0.39 is 23.7 Å². The molecule has 0 radical (unpaired) electrons. The van der Waals surface area contributed by atoms with Crippen LogP contribution in [0.15, 0.2) is 24.3 Å². The molecule has 2 aromatic rings. The Hall–Kier alpha value is -1.85. The smallest absolute Gasteiger partial charge is 0.399 e. The second kappa shape index (κ2) is 7.77. The molecule has 2 aliphatic rings. The fourth-order valence-electron chi connectivity index (χ4n) is 5.45. The minimum atomic E-state index is -5.15. The van der Waals surface area contributed by atoms with Gasteiger partial charge in [0.2, 0.25) is 5.75 Å². The van der Waals surface area contributed by atoms with Crippen LogP contribution < -0.4 is 4.74 Å². The average molecular weight is 412 g/mol. The maximum Gasteiger partial charge on any atom is 0.573 e. The van der Waals surface area contributed by atoms with Gasteiger partial charge in [-0.1, -0.05) is 38.0 Å². The summed E-state index contributed by atoms with van der Waals surface area (Å²) >= 11 is 0. The third-order valence-electron chi connectivity index (χ3n) is 7.00. The van der Waals surface area contributed by atoms with Crippen LogP contribution in [0.1, 0.15) is 63.4 Å². The summed E-state index contributed by atoms with van der Waals surface area (Å²) in [4.78, 5) is 0. The summed E-state index contributed by atoms with van der Waals surface area (Å²) in [6.45, 7) is 2.26. The Kier molecular flexibility index (Phi) is 5.47. The fraction of sp³-hybridized carbons (Fsp3) is 0.565. The molecule has 4 atom stereocenters. The van der Waals surface area contributed by atoms with Crippen molar-refractivity contribution in [1.82, 2.24) is 0 Å². The third-order valence-corrected chi connectivity index (χ3v) is 7.00. The molecule has 6 heteroatoms. The molecule has 29 heavy (non-hydrogen) atoms. The van der Waals surface area contributed by atoms with Gasteiger partial charge in [-0.15, -0.1) is 13.2 Å². The van der Waals surface area contributed by atoms with E-state index in [0.29, 0.717) is 11.8 Å². The quantitative estimate of drug-likeness (QED) is 0.469. The van der Waals surface area contributed by atoms with Gasteiger partial charge in [0.25, 0.3) is 0 Å². The SMILES string of the molecule is CC[C@@H]1CC[C@@H]2CC(c3ccc4c(F)c(OC(F)(F)F)c(F)cc4c3)CCC2C1. The fourth-order valence-corrected chi connectivity index (χ4v) is 5.45. The van der Waals surface area contributed by atoms with Crippen molar-refractivity contribution in [2.75, 3.05) is 0 Å². The summed E-state index contributed by atoms with van der Waals surface area (Å²) in [7, 11) is 0. The van der Waals surface area contributed by atoms with Gasteiger partial charge in [-0.25, -0.2) is 8.78 Å². The highest BCUT2D eigenvalue weighted by Gasteiger charge is 2.36. The van der Waals surface area contributed by atoms with Gasteiger partial charge in [-0.05, 0) is 72.8 Å². The Morgan fingerprint density at radius 2 is 1.69 bits per heavy atom. The number of fused-ring (bicyclic) bond motifs is 2. The van der Waals surface area contributed by atoms with Crippen LogP contribution in [0.3, 0.4) is 0 Å². The number of rotatable bonds is 3. The summed E-state index contributed by atoms with van der Waals surface area (Å²) in [6.07, 6.45) is 3.22. The van der Waals surface area contributed by atoms with Crippen molar-refractivity contribution in [3.05, 3.63) is 41.5 Å². The molecule has 2 aliphatic carbocycles. The van der Waals surface area contributed by atoms with Gasteiger partial charge in [0.05, 0.1) is 0 Å². The first kappa shape index (κ1) is 20.4. The number of hydrogen-bond donors (Lipinski definition) is 0. The topological polar surface area (TPSA) is 9.23 Å². The lowest BCUT2D eigenvalue weighted by Crippen LogP contribution is -2.30. The molecular weight excluding hydrogens is 387 g/mol. The van der Waals surface area contributed by atoms with Crippen molar-refractivity contribution in [2.45, 2.75) is 64.1 Å². The Bertz CT molecular complexity index is 891. The number of benzene rings is 2. The summed E-state index contributed by atoms with van der Waals surface area (Å²) in [5, 5.41) is 0.204. The lowest BCUT2D eigenvalue weighted by atomic mass is 9.63. The average Bonchev–Trinajstić information content (AvgIpc) is 2.69. The first-order valence-corrected chi connectivity index (χ1v) is 10.4. The van der Waals surface area contributed by atoms with Crippen LogP contribution in [0.25, 0.3) is 10.8 Å². The normalized spacial score (nSPS) is 27.7. The van der Waals surface area contributed by atoms with E-state index in [0.717, 1.165) is 36.3 Å². The maximum atomic E-state index is 14.5. The molecule has 2 aromatic carbocycles. The predicted molar refractivity (Wildman–Crippen MR) is 102 cm³/mol. The van der Waals surface area contributed by atoms with Crippen LogP contribution in [-0.2, 0) is 0 Å². The molecule has 4 rings (SSSR count). The number of hydrogen-bond acceptors (Lipinski definition) is 1. The first-order chi connectivity index (χ1) is 13.7. The zero-order chi connectivity index (χ0) is 20.8. The molecule has 0 heterocycles. The molecule has 0 spiro atoms. The summed E-state index contributed by atoms with van der Waals surface area (Å²) in [5.41, 5.74) is 1.01. The zero-order valence-corrected chi connectivity index (χ0v) is 16.4. The molecule has 0 N–H and O–H groups in total. The molecule has 158 valence electrons. The molecule has 1 nitrogen and oxygen atoms in total. The van der Waals surface area contributed by atoms with E-state index >= 15 is 0 Å². The highest BCUT2D eigenvalue weighted by atomic mass is 19.4. The van der Waals surface area contributed by atoms with Gasteiger partial charge in [0.15, 0.2) is 11.6 Å². The lowest BCUT2D eigenvalue weighted by Gasteiger charge is -2.42. The van der Waals surface area contributed by atoms with Crippen LogP contribution in [0.5, 0.6) is 5.75 Å². The largest absolute Gasteiger partial charge is 0.573 e. The Morgan fingerprint density at radius 1 is 0.966 bits per heavy atom. The second-order valence-corrected chi connectivity index (χ2v) is 8.65. The minimum Gasteiger partial charge on any atom is -0.399 e. The molecule has 0 saturated heterocycles. The molecule has 2 saturated carbocycles. The van der Waals surface area contributed by atoms with Crippen LogP contribution in [0.2, 0.25) is 0 Å². The second-order valence-electron chi connectivity index (χ2n) is 8.65. The van der Waals surface area contributed by atoms with Crippen molar-refractivity contribution >= 4 is 10.8 Å². The van der Waals surface area contributed by atoms with Gasteiger partial charge in [0.1, 0.15) is 0 Å². The predicted octanol–water partition coefficient (Wildman–Crippen LogP) is 7.73. The highest BCUT2D eigenvalue weighted by molar-refractivity contribution is 5.85. The van der Waals surface area contributed by atoms with Crippen molar-refractivity contribution in [2.24, 2.45) is 17.8 Å². The summed E-state index contributed by atoms with van der Waals surface area (Å²) < 4.78 is 69.4. The molecule has 0 aliphatic heterocycles. The van der Waals surface area contributed by atoms with E-state index in [-0.39, 0.29) is 10.8 Å². The van der Waals surface area contributed by atoms with Crippen molar-refractivity contribution in [1.29, 1.82) is 0 Å². The highest BCUT2D eigenvalue weighted by Crippen LogP contribution is 2.48. The van der Waals surface area contributed by atoms with Gasteiger partial charge >= 0.3 is 6.36 Å². The van der Waals surface area contributed by atoms with Crippen LogP contribution >= 0.6 is 0 Å². The van der Waals surface area contributed by atoms with Gasteiger partial charge in [-0.3, -0.25) is 0 Å². The van der Waals surface area contributed by atoms with Crippen molar-refractivity contribution in [3.8, 4) is 5.75 Å². The van der Waals surface area contributed by atoms with Gasteiger partial charge < -0.3 is 4.74 Å². The Morgan fingerprint density at radius 3 is 2.41 bits per heavy atom. The lowest BCUT2D eigenvalue weighted by molar-refractivity contribution is -0.276. The van der Waals surface area contributed by atoms with Crippen molar-refractivity contribution in [3.63, 3.8) is 0 Å². The van der Waals surface area contributed by atoms with E-state index in [9.17, 15) is 22.0 Å². The molecule has 2 fully saturated rings. The monoisotopic (exact) mass is 412 g/mol. The van der Waals surface area contributed by atoms with Crippen LogP contribution in [0.4, 0.5) is 22.0 Å². The first-order valence-electron chi connectivity index (χ1n) is 10.4. The number of ether oxygens (including phenoxy) is 1. The zero-order valence-electron chi connectivity index (χ0n) is 16.4. The summed E-state index contributed by atoms with van der Waals surface area (Å²) in [6, 6.07) is 5.87. The van der Waals surface area contributed by atoms with E-state index in [1.807, 2.05) is 0 Å². The maximum absolute atomic E-state index is 14.5. The molecule has 2 unspecified atom stereocenters. The van der Waals surface area contributed by atoms with E-state index in [1.165, 1.54) is 38.2 Å². The minimum absolute atomic E-state index is 0.0634. The third kappa shape index (κ3) is 4.22. The Labute approximate surface area is 167 Å². The van der Waals surface area contributed by atoms with E-state index in [1.54, 1.807) is 12.1 Å². The molecular formula is C23H25F5O. The Balaban J connectivity index is 1.58. The van der Waals surface area contributed by atoms with Gasteiger partial charge in [0, 0.05) is 5.39 Å². The molecule has 0 aromatic heterocycles. The van der Waals surface area contributed by atoms with E-state index in [2.05, 4.69) is 11.7 Å². The standard InChI is InChI=1S/C23H25F5O/c1-2-13-3-4-15-10-16(6-5-14(15)9-13)17-7-8-19-18(11-17)12-20(24)22(21(19)25)29-23(26,27)28/h7-8,11-16H,2-6,9-10H2,1H3/t13-,14?,15-,16?/m1/s1.